The van der Waals surface area contributed by atoms with E-state index in [0.29, 0.717) is 11.8 Å². The number of nitrogens with one attached hydrogen (secondary N) is 1. The van der Waals surface area contributed by atoms with Crippen LogP contribution in [0.1, 0.15) is 26.3 Å². The minimum Gasteiger partial charge on any atom is -0.317 e. The van der Waals surface area contributed by atoms with Crippen LogP contribution < -0.4 is 5.32 Å². The monoisotopic (exact) mass is 223 g/mol. The summed E-state index contributed by atoms with van der Waals surface area (Å²) in [6, 6.07) is 6.84. The molecule has 1 aromatic carbocycles. The summed E-state index contributed by atoms with van der Waals surface area (Å²) in [7, 11) is 0. The molecule has 0 saturated carbocycles. The maximum absolute atomic E-state index is 12.7. The van der Waals surface area contributed by atoms with Crippen LogP contribution in [0.2, 0.25) is 0 Å². The van der Waals surface area contributed by atoms with Gasteiger partial charge in [0.15, 0.2) is 0 Å². The van der Waals surface area contributed by atoms with Crippen molar-refractivity contribution in [2.45, 2.75) is 27.2 Å². The van der Waals surface area contributed by atoms with Gasteiger partial charge in [0.1, 0.15) is 5.82 Å². The highest BCUT2D eigenvalue weighted by molar-refractivity contribution is 5.16. The fourth-order valence-corrected chi connectivity index (χ4v) is 1.77. The average molecular weight is 223 g/mol. The summed E-state index contributed by atoms with van der Waals surface area (Å²) in [5.41, 5.74) is 1.22. The zero-order valence-electron chi connectivity index (χ0n) is 10.5. The molecule has 0 radical (unpaired) electrons. The molecule has 1 aromatic rings. The Morgan fingerprint density at radius 3 is 2.31 bits per heavy atom. The van der Waals surface area contributed by atoms with E-state index >= 15 is 0 Å². The first kappa shape index (κ1) is 13.2. The minimum atomic E-state index is -0.155. The van der Waals surface area contributed by atoms with Gasteiger partial charge in [-0.05, 0) is 49.0 Å². The van der Waals surface area contributed by atoms with Crippen LogP contribution in [0.3, 0.4) is 0 Å². The summed E-state index contributed by atoms with van der Waals surface area (Å²) in [5.74, 6) is 1.10. The second kappa shape index (κ2) is 6.64. The molecule has 0 aliphatic carbocycles. The Hall–Kier alpha value is -0.890. The molecule has 0 heterocycles. The lowest BCUT2D eigenvalue weighted by Gasteiger charge is -2.20. The molecule has 1 nitrogen and oxygen atoms in total. The van der Waals surface area contributed by atoms with Crippen molar-refractivity contribution >= 4 is 0 Å². The maximum atomic E-state index is 12.7. The van der Waals surface area contributed by atoms with Crippen LogP contribution in [0.4, 0.5) is 4.39 Å². The molecule has 0 aliphatic rings. The van der Waals surface area contributed by atoms with E-state index in [1.165, 1.54) is 17.7 Å². The molecular formula is C14H22FN. The highest BCUT2D eigenvalue weighted by atomic mass is 19.1. The molecule has 2 unspecified atom stereocenters. The first-order valence-electron chi connectivity index (χ1n) is 6.08. The normalized spacial score (nSPS) is 14.8. The fourth-order valence-electron chi connectivity index (χ4n) is 1.77. The maximum Gasteiger partial charge on any atom is 0.123 e. The van der Waals surface area contributed by atoms with E-state index in [1.807, 2.05) is 12.1 Å². The van der Waals surface area contributed by atoms with Crippen molar-refractivity contribution in [1.29, 1.82) is 0 Å². The molecule has 0 spiro atoms. The predicted octanol–water partition coefficient (Wildman–Crippen LogP) is 3.25. The summed E-state index contributed by atoms with van der Waals surface area (Å²) in [5, 5.41) is 3.36. The van der Waals surface area contributed by atoms with E-state index in [9.17, 15) is 4.39 Å². The lowest BCUT2D eigenvalue weighted by atomic mass is 9.89. The zero-order valence-corrected chi connectivity index (χ0v) is 10.5. The molecule has 0 bridgehead atoms. The lowest BCUT2D eigenvalue weighted by Crippen LogP contribution is -2.25. The van der Waals surface area contributed by atoms with Gasteiger partial charge in [0.2, 0.25) is 0 Å². The van der Waals surface area contributed by atoms with Gasteiger partial charge in [0.25, 0.3) is 0 Å². The van der Waals surface area contributed by atoms with Gasteiger partial charge >= 0.3 is 0 Å². The van der Waals surface area contributed by atoms with E-state index < -0.39 is 0 Å². The topological polar surface area (TPSA) is 12.0 Å². The standard InChI is InChI=1S/C14H22FN/c1-4-16-10-12(3)11(2)9-13-5-7-14(15)8-6-13/h5-8,11-12,16H,4,9-10H2,1-3H3. The van der Waals surface area contributed by atoms with Crippen molar-refractivity contribution in [3.8, 4) is 0 Å². The quantitative estimate of drug-likeness (QED) is 0.780. The average Bonchev–Trinajstić information content (AvgIpc) is 2.29. The third-order valence-corrected chi connectivity index (χ3v) is 3.16. The number of halogens is 1. The van der Waals surface area contributed by atoms with Crippen LogP contribution in [0, 0.1) is 17.7 Å². The van der Waals surface area contributed by atoms with Crippen LogP contribution in [-0.4, -0.2) is 13.1 Å². The summed E-state index contributed by atoms with van der Waals surface area (Å²) in [6.45, 7) is 8.71. The van der Waals surface area contributed by atoms with Gasteiger partial charge in [-0.1, -0.05) is 32.9 Å². The molecule has 0 aliphatic heterocycles. The van der Waals surface area contributed by atoms with Gasteiger partial charge in [0, 0.05) is 0 Å². The van der Waals surface area contributed by atoms with E-state index in [0.717, 1.165) is 19.5 Å². The third kappa shape index (κ3) is 4.31. The van der Waals surface area contributed by atoms with Gasteiger partial charge in [-0.25, -0.2) is 4.39 Å². The van der Waals surface area contributed by atoms with Gasteiger partial charge in [-0.3, -0.25) is 0 Å². The largest absolute Gasteiger partial charge is 0.317 e. The highest BCUT2D eigenvalue weighted by Crippen LogP contribution is 2.16. The molecule has 90 valence electrons. The smallest absolute Gasteiger partial charge is 0.123 e. The Balaban J connectivity index is 2.43. The first-order chi connectivity index (χ1) is 7.63. The Kier molecular flexibility index (Phi) is 5.47. The van der Waals surface area contributed by atoms with E-state index in [1.54, 1.807) is 0 Å². The van der Waals surface area contributed by atoms with Gasteiger partial charge in [-0.15, -0.1) is 0 Å². The van der Waals surface area contributed by atoms with Crippen LogP contribution in [0.15, 0.2) is 24.3 Å². The molecule has 0 amide bonds. The number of hydrogen-bond donors (Lipinski definition) is 1. The first-order valence-corrected chi connectivity index (χ1v) is 6.08. The van der Waals surface area contributed by atoms with Crippen molar-refractivity contribution in [3.63, 3.8) is 0 Å². The molecule has 1 rings (SSSR count). The van der Waals surface area contributed by atoms with Crippen molar-refractivity contribution in [2.75, 3.05) is 13.1 Å². The van der Waals surface area contributed by atoms with Gasteiger partial charge in [-0.2, -0.15) is 0 Å². The number of benzene rings is 1. The second-order valence-electron chi connectivity index (χ2n) is 4.59. The van der Waals surface area contributed by atoms with Crippen molar-refractivity contribution in [2.24, 2.45) is 11.8 Å². The molecule has 16 heavy (non-hydrogen) atoms. The number of rotatable bonds is 6. The lowest BCUT2D eigenvalue weighted by molar-refractivity contribution is 0.368. The molecule has 0 fully saturated rings. The van der Waals surface area contributed by atoms with Gasteiger partial charge in [0.05, 0.1) is 0 Å². The van der Waals surface area contributed by atoms with E-state index in [4.69, 9.17) is 0 Å². The summed E-state index contributed by atoms with van der Waals surface area (Å²) in [4.78, 5) is 0. The summed E-state index contributed by atoms with van der Waals surface area (Å²) >= 11 is 0. The van der Waals surface area contributed by atoms with E-state index in [2.05, 4.69) is 26.1 Å². The molecular weight excluding hydrogens is 201 g/mol. The molecule has 1 N–H and O–H groups in total. The molecule has 2 heteroatoms. The molecule has 0 saturated heterocycles. The van der Waals surface area contributed by atoms with Crippen LogP contribution in [0.25, 0.3) is 0 Å². The minimum absolute atomic E-state index is 0.155. The highest BCUT2D eigenvalue weighted by Gasteiger charge is 2.12. The van der Waals surface area contributed by atoms with Crippen LogP contribution in [-0.2, 0) is 6.42 Å². The van der Waals surface area contributed by atoms with Crippen molar-refractivity contribution < 1.29 is 4.39 Å². The molecule has 2 atom stereocenters. The Morgan fingerprint density at radius 1 is 1.12 bits per heavy atom. The Bertz CT molecular complexity index is 294. The van der Waals surface area contributed by atoms with Crippen molar-refractivity contribution in [1.82, 2.24) is 5.32 Å². The summed E-state index contributed by atoms with van der Waals surface area (Å²) in [6.07, 6.45) is 1.02. The van der Waals surface area contributed by atoms with Crippen LogP contribution in [0.5, 0.6) is 0 Å². The SMILES string of the molecule is CCNCC(C)C(C)Cc1ccc(F)cc1. The number of hydrogen-bond acceptors (Lipinski definition) is 1. The predicted molar refractivity (Wildman–Crippen MR) is 67.0 cm³/mol. The van der Waals surface area contributed by atoms with E-state index in [-0.39, 0.29) is 5.82 Å². The third-order valence-electron chi connectivity index (χ3n) is 3.16. The zero-order chi connectivity index (χ0) is 12.0. The summed E-state index contributed by atoms with van der Waals surface area (Å²) < 4.78 is 12.7. The fraction of sp³-hybridized carbons (Fsp3) is 0.571. The Morgan fingerprint density at radius 2 is 1.75 bits per heavy atom. The molecule has 0 aromatic heterocycles. The van der Waals surface area contributed by atoms with Gasteiger partial charge < -0.3 is 5.32 Å². The van der Waals surface area contributed by atoms with Crippen molar-refractivity contribution in [3.05, 3.63) is 35.6 Å². The van der Waals surface area contributed by atoms with Crippen LogP contribution >= 0.6 is 0 Å². The Labute approximate surface area is 98.1 Å². The second-order valence-corrected chi connectivity index (χ2v) is 4.59.